The maximum absolute atomic E-state index is 2.59. The van der Waals surface area contributed by atoms with E-state index in [1.165, 1.54) is 225 Å². The van der Waals surface area contributed by atoms with Gasteiger partial charge in [-0.1, -0.05) is 239 Å². The summed E-state index contributed by atoms with van der Waals surface area (Å²) in [6.07, 6.45) is 53.9. The maximum Gasteiger partial charge on any atom is -0.0386 e. The number of hydrogen-bond donors (Lipinski definition) is 0. The van der Waals surface area contributed by atoms with Crippen LogP contribution in [-0.4, -0.2) is 0 Å². The van der Waals surface area contributed by atoms with Gasteiger partial charge in [0, 0.05) is 0 Å². The van der Waals surface area contributed by atoms with Crippen molar-refractivity contribution in [2.24, 2.45) is 0 Å². The van der Waals surface area contributed by atoms with E-state index in [1.54, 1.807) is 0 Å². The summed E-state index contributed by atoms with van der Waals surface area (Å²) in [4.78, 5) is 0. The summed E-state index contributed by atoms with van der Waals surface area (Å²) in [7, 11) is 0. The van der Waals surface area contributed by atoms with Crippen molar-refractivity contribution in [3.05, 3.63) is 6.42 Å². The zero-order chi connectivity index (χ0) is 27.5. The van der Waals surface area contributed by atoms with Gasteiger partial charge in [0.05, 0.1) is 0 Å². The molecule has 0 rings (SSSR count). The lowest BCUT2D eigenvalue weighted by molar-refractivity contribution is 0.524. The molecule has 0 fully saturated rings. The highest BCUT2D eigenvalue weighted by Crippen LogP contribution is 2.17. The Labute approximate surface area is 244 Å². The highest BCUT2D eigenvalue weighted by molar-refractivity contribution is 4.65. The molecule has 0 nitrogen and oxygen atoms in total. The van der Waals surface area contributed by atoms with Gasteiger partial charge in [-0.3, -0.25) is 0 Å². The fourth-order valence-corrected chi connectivity index (χ4v) is 5.99. The second-order valence-corrected chi connectivity index (χ2v) is 12.8. The molecule has 0 aromatic rings. The summed E-state index contributed by atoms with van der Waals surface area (Å²) in [6, 6.07) is 0. The standard InChI is InChI=1S/C38H77/c1-3-5-7-9-11-13-15-17-19-21-23-25-27-29-31-33-35-37-38-36-34-32-30-28-26-24-22-20-18-16-14-12-10-8-6-4-2/h37H,3-36,38H2,1-2H3. The first kappa shape index (κ1) is 38.0. The molecule has 38 heavy (non-hydrogen) atoms. The van der Waals surface area contributed by atoms with Gasteiger partial charge in [-0.05, 0) is 6.42 Å². The molecule has 0 heteroatoms. The van der Waals surface area contributed by atoms with Crippen molar-refractivity contribution in [3.8, 4) is 0 Å². The third-order valence-electron chi connectivity index (χ3n) is 8.77. The molecule has 229 valence electrons. The van der Waals surface area contributed by atoms with Crippen molar-refractivity contribution >= 4 is 0 Å². The van der Waals surface area contributed by atoms with Crippen LogP contribution in [0.15, 0.2) is 0 Å². The Morgan fingerprint density at radius 2 is 0.368 bits per heavy atom. The van der Waals surface area contributed by atoms with E-state index in [-0.39, 0.29) is 0 Å². The Morgan fingerprint density at radius 1 is 0.211 bits per heavy atom. The van der Waals surface area contributed by atoms with Gasteiger partial charge in [0.25, 0.3) is 0 Å². The lowest BCUT2D eigenvalue weighted by Crippen LogP contribution is -1.85. The fraction of sp³-hybridized carbons (Fsp3) is 0.974. The number of hydrogen-bond acceptors (Lipinski definition) is 0. The Bertz CT molecular complexity index is 336. The van der Waals surface area contributed by atoms with Crippen LogP contribution in [0, 0.1) is 6.42 Å². The lowest BCUT2D eigenvalue weighted by atomic mass is 10.0. The molecule has 0 aromatic heterocycles. The molecule has 0 aromatic carbocycles. The molecular formula is C38H77. The van der Waals surface area contributed by atoms with Gasteiger partial charge in [0.2, 0.25) is 0 Å². The van der Waals surface area contributed by atoms with Gasteiger partial charge in [0.15, 0.2) is 0 Å². The van der Waals surface area contributed by atoms with Crippen molar-refractivity contribution in [3.63, 3.8) is 0 Å². The minimum absolute atomic E-state index is 1.37. The SMILES string of the molecule is CCCCCCCCCCCCCCCCCC[CH]CCCCCCCCCCCCCCCCCCC. The molecule has 0 spiro atoms. The van der Waals surface area contributed by atoms with E-state index < -0.39 is 0 Å². The predicted molar refractivity (Wildman–Crippen MR) is 177 cm³/mol. The van der Waals surface area contributed by atoms with Crippen molar-refractivity contribution in [1.82, 2.24) is 0 Å². The van der Waals surface area contributed by atoms with E-state index in [0.717, 1.165) is 0 Å². The second kappa shape index (κ2) is 37.0. The van der Waals surface area contributed by atoms with Gasteiger partial charge >= 0.3 is 0 Å². The molecule has 0 heterocycles. The monoisotopic (exact) mass is 534 g/mol. The van der Waals surface area contributed by atoms with Crippen LogP contribution in [-0.2, 0) is 0 Å². The lowest BCUT2D eigenvalue weighted by Gasteiger charge is -2.04. The summed E-state index contributed by atoms with van der Waals surface area (Å²) < 4.78 is 0. The quantitative estimate of drug-likeness (QED) is 0.0710. The summed E-state index contributed by atoms with van der Waals surface area (Å²) in [5, 5.41) is 0. The smallest absolute Gasteiger partial charge is 0.0386 e. The van der Waals surface area contributed by atoms with Crippen molar-refractivity contribution in [2.75, 3.05) is 0 Å². The second-order valence-electron chi connectivity index (χ2n) is 12.8. The molecule has 0 aliphatic rings. The first-order valence-electron chi connectivity index (χ1n) is 18.7. The Hall–Kier alpha value is 0. The van der Waals surface area contributed by atoms with Gasteiger partial charge in [-0.25, -0.2) is 0 Å². The number of unbranched alkanes of at least 4 members (excludes halogenated alkanes) is 35. The molecule has 0 amide bonds. The van der Waals surface area contributed by atoms with Gasteiger partial charge in [-0.15, -0.1) is 0 Å². The summed E-state index contributed by atoms with van der Waals surface area (Å²) in [6.45, 7) is 4.62. The maximum atomic E-state index is 2.59. The molecule has 0 saturated carbocycles. The first-order chi connectivity index (χ1) is 18.9. The Morgan fingerprint density at radius 3 is 0.553 bits per heavy atom. The van der Waals surface area contributed by atoms with Crippen LogP contribution in [0.1, 0.15) is 239 Å². The van der Waals surface area contributed by atoms with Crippen LogP contribution in [0.4, 0.5) is 0 Å². The largest absolute Gasteiger partial charge is 0.0654 e. The van der Waals surface area contributed by atoms with E-state index in [9.17, 15) is 0 Å². The highest BCUT2D eigenvalue weighted by Gasteiger charge is 1.97. The third-order valence-corrected chi connectivity index (χ3v) is 8.77. The summed E-state index contributed by atoms with van der Waals surface area (Å²) in [5.74, 6) is 0. The topological polar surface area (TPSA) is 0 Å². The third kappa shape index (κ3) is 36.0. The molecule has 1 radical (unpaired) electrons. The molecular weight excluding hydrogens is 456 g/mol. The van der Waals surface area contributed by atoms with E-state index in [2.05, 4.69) is 20.3 Å². The molecule has 0 aliphatic carbocycles. The van der Waals surface area contributed by atoms with Crippen molar-refractivity contribution < 1.29 is 0 Å². The van der Waals surface area contributed by atoms with Gasteiger partial charge < -0.3 is 0 Å². The molecule has 0 N–H and O–H groups in total. The summed E-state index contributed by atoms with van der Waals surface area (Å²) in [5.41, 5.74) is 0. The average Bonchev–Trinajstić information content (AvgIpc) is 2.93. The molecule has 0 bridgehead atoms. The minimum atomic E-state index is 1.37. The zero-order valence-corrected chi connectivity index (χ0v) is 27.3. The normalized spacial score (nSPS) is 11.5. The van der Waals surface area contributed by atoms with Crippen LogP contribution >= 0.6 is 0 Å². The van der Waals surface area contributed by atoms with E-state index >= 15 is 0 Å². The molecule has 0 atom stereocenters. The van der Waals surface area contributed by atoms with Crippen LogP contribution in [0.25, 0.3) is 0 Å². The fourth-order valence-electron chi connectivity index (χ4n) is 5.99. The van der Waals surface area contributed by atoms with E-state index in [1.807, 2.05) is 0 Å². The highest BCUT2D eigenvalue weighted by atomic mass is 14.0. The van der Waals surface area contributed by atoms with Crippen LogP contribution in [0.5, 0.6) is 0 Å². The Balaban J connectivity index is 3.01. The van der Waals surface area contributed by atoms with Crippen LogP contribution in [0.3, 0.4) is 0 Å². The van der Waals surface area contributed by atoms with Crippen molar-refractivity contribution in [1.29, 1.82) is 0 Å². The van der Waals surface area contributed by atoms with Crippen LogP contribution < -0.4 is 0 Å². The average molecular weight is 534 g/mol. The van der Waals surface area contributed by atoms with Crippen molar-refractivity contribution in [2.45, 2.75) is 239 Å². The van der Waals surface area contributed by atoms with Gasteiger partial charge in [0.1, 0.15) is 0 Å². The first-order valence-corrected chi connectivity index (χ1v) is 18.7. The Kier molecular flexibility index (Phi) is 37.0. The molecule has 0 saturated heterocycles. The molecule has 0 unspecified atom stereocenters. The van der Waals surface area contributed by atoms with E-state index in [4.69, 9.17) is 0 Å². The minimum Gasteiger partial charge on any atom is -0.0654 e. The number of rotatable bonds is 35. The summed E-state index contributed by atoms with van der Waals surface area (Å²) >= 11 is 0. The predicted octanol–water partition coefficient (Wildman–Crippen LogP) is 14.9. The van der Waals surface area contributed by atoms with Crippen LogP contribution in [0.2, 0.25) is 0 Å². The van der Waals surface area contributed by atoms with Gasteiger partial charge in [-0.2, -0.15) is 0 Å². The zero-order valence-electron chi connectivity index (χ0n) is 27.3. The molecule has 0 aliphatic heterocycles. The van der Waals surface area contributed by atoms with E-state index in [0.29, 0.717) is 0 Å².